The van der Waals surface area contributed by atoms with Gasteiger partial charge in [-0.25, -0.2) is 0 Å². The van der Waals surface area contributed by atoms with Crippen LogP contribution in [0.4, 0.5) is 0 Å². The summed E-state index contributed by atoms with van der Waals surface area (Å²) in [6.07, 6.45) is 5.31. The lowest BCUT2D eigenvalue weighted by molar-refractivity contribution is 0.103. The van der Waals surface area contributed by atoms with Crippen LogP contribution < -0.4 is 10.6 Å². The van der Waals surface area contributed by atoms with Gasteiger partial charge in [0.15, 0.2) is 0 Å². The first-order chi connectivity index (χ1) is 8.45. The summed E-state index contributed by atoms with van der Waals surface area (Å²) in [7, 11) is 0. The Morgan fingerprint density at radius 1 is 1.53 bits per heavy atom. The molecule has 1 aromatic heterocycles. The average Bonchev–Trinajstić information content (AvgIpc) is 2.88. The van der Waals surface area contributed by atoms with Gasteiger partial charge in [-0.15, -0.1) is 0 Å². The molecule has 0 amide bonds. The monoisotopic (exact) mass is 238 g/mol. The lowest BCUT2D eigenvalue weighted by Crippen LogP contribution is -2.43. The number of furan rings is 1. The topological polar surface area (TPSA) is 46.4 Å². The molecular weight excluding hydrogens is 216 g/mol. The summed E-state index contributed by atoms with van der Waals surface area (Å²) in [4.78, 5) is 0. The second-order valence-electron chi connectivity index (χ2n) is 4.48. The Bertz CT molecular complexity index is 282. The third-order valence-corrected chi connectivity index (χ3v) is 3.02. The summed E-state index contributed by atoms with van der Waals surface area (Å²) in [6.45, 7) is 4.67. The van der Waals surface area contributed by atoms with E-state index < -0.39 is 0 Å². The summed E-state index contributed by atoms with van der Waals surface area (Å²) in [6, 6.07) is 4.47. The highest BCUT2D eigenvalue weighted by Gasteiger charge is 2.10. The first kappa shape index (κ1) is 12.6. The first-order valence-corrected chi connectivity index (χ1v) is 6.49. The maximum Gasteiger partial charge on any atom is 0.129 e. The predicted octanol–water partition coefficient (Wildman–Crippen LogP) is 1.53. The van der Waals surface area contributed by atoms with Gasteiger partial charge in [-0.2, -0.15) is 0 Å². The molecule has 17 heavy (non-hydrogen) atoms. The van der Waals surface area contributed by atoms with Gasteiger partial charge >= 0.3 is 0 Å². The number of ether oxygens (including phenoxy) is 1. The van der Waals surface area contributed by atoms with E-state index in [9.17, 15) is 0 Å². The van der Waals surface area contributed by atoms with E-state index in [2.05, 4.69) is 10.6 Å². The molecule has 0 saturated carbocycles. The third-order valence-electron chi connectivity index (χ3n) is 3.02. The highest BCUT2D eigenvalue weighted by atomic mass is 16.5. The minimum atomic E-state index is 0.581. The van der Waals surface area contributed by atoms with Crippen molar-refractivity contribution in [2.24, 2.45) is 0 Å². The van der Waals surface area contributed by atoms with Crippen molar-refractivity contribution in [1.29, 1.82) is 0 Å². The molecule has 1 aromatic rings. The predicted molar refractivity (Wildman–Crippen MR) is 66.9 cm³/mol. The summed E-state index contributed by atoms with van der Waals surface area (Å²) in [5.41, 5.74) is 0. The summed E-state index contributed by atoms with van der Waals surface area (Å²) in [5, 5.41) is 6.95. The van der Waals surface area contributed by atoms with Crippen LogP contribution in [0, 0.1) is 0 Å². The summed E-state index contributed by atoms with van der Waals surface area (Å²) >= 11 is 0. The Labute approximate surface area is 103 Å². The van der Waals surface area contributed by atoms with Crippen LogP contribution >= 0.6 is 0 Å². The molecule has 0 spiro atoms. The van der Waals surface area contributed by atoms with E-state index in [-0.39, 0.29) is 0 Å². The third kappa shape index (κ3) is 4.89. The fraction of sp³-hybridized carbons (Fsp3) is 0.692. The summed E-state index contributed by atoms with van der Waals surface area (Å²) in [5.74, 6) is 0.898. The first-order valence-electron chi connectivity index (χ1n) is 6.49. The molecule has 96 valence electrons. The zero-order chi connectivity index (χ0) is 11.8. The van der Waals surface area contributed by atoms with Crippen LogP contribution in [0.15, 0.2) is 22.8 Å². The van der Waals surface area contributed by atoms with E-state index in [1.165, 1.54) is 19.4 Å². The molecule has 1 aliphatic rings. The lowest BCUT2D eigenvalue weighted by atomic mass is 10.1. The van der Waals surface area contributed by atoms with Crippen LogP contribution in [-0.4, -0.2) is 32.3 Å². The fourth-order valence-electron chi connectivity index (χ4n) is 2.07. The van der Waals surface area contributed by atoms with Crippen molar-refractivity contribution < 1.29 is 9.15 Å². The van der Waals surface area contributed by atoms with E-state index in [0.29, 0.717) is 12.6 Å². The molecule has 0 aromatic carbocycles. The second-order valence-corrected chi connectivity index (χ2v) is 4.48. The van der Waals surface area contributed by atoms with Gasteiger partial charge in [0.25, 0.3) is 0 Å². The average molecular weight is 238 g/mol. The number of hydrogen-bond donors (Lipinski definition) is 2. The van der Waals surface area contributed by atoms with E-state index >= 15 is 0 Å². The fourth-order valence-corrected chi connectivity index (χ4v) is 2.07. The Morgan fingerprint density at radius 3 is 3.29 bits per heavy atom. The molecule has 4 nitrogen and oxygen atoms in total. The van der Waals surface area contributed by atoms with Crippen molar-refractivity contribution in [2.45, 2.75) is 31.9 Å². The van der Waals surface area contributed by atoms with Gasteiger partial charge in [-0.05, 0) is 44.5 Å². The van der Waals surface area contributed by atoms with Crippen LogP contribution in [0.2, 0.25) is 0 Å². The Kier molecular flexibility index (Phi) is 5.55. The second kappa shape index (κ2) is 7.48. The van der Waals surface area contributed by atoms with Crippen molar-refractivity contribution in [2.75, 3.05) is 26.2 Å². The number of piperidine rings is 1. The maximum atomic E-state index is 5.52. The van der Waals surface area contributed by atoms with Gasteiger partial charge in [0, 0.05) is 19.2 Å². The van der Waals surface area contributed by atoms with Crippen molar-refractivity contribution >= 4 is 0 Å². The van der Waals surface area contributed by atoms with E-state index in [1.54, 1.807) is 6.26 Å². The largest absolute Gasteiger partial charge is 0.467 e. The molecule has 0 bridgehead atoms. The zero-order valence-corrected chi connectivity index (χ0v) is 10.3. The minimum absolute atomic E-state index is 0.581. The molecule has 1 fully saturated rings. The molecule has 0 radical (unpaired) electrons. The van der Waals surface area contributed by atoms with Gasteiger partial charge in [-0.1, -0.05) is 0 Å². The van der Waals surface area contributed by atoms with E-state index in [0.717, 1.165) is 31.9 Å². The minimum Gasteiger partial charge on any atom is -0.467 e. The van der Waals surface area contributed by atoms with Gasteiger partial charge in [0.1, 0.15) is 12.4 Å². The molecular formula is C13H22N2O2. The van der Waals surface area contributed by atoms with Gasteiger partial charge < -0.3 is 19.8 Å². The van der Waals surface area contributed by atoms with Crippen molar-refractivity contribution in [3.63, 3.8) is 0 Å². The molecule has 1 unspecified atom stereocenters. The van der Waals surface area contributed by atoms with E-state index in [4.69, 9.17) is 9.15 Å². The Balaban J connectivity index is 1.43. The molecule has 2 heterocycles. The van der Waals surface area contributed by atoms with Crippen molar-refractivity contribution in [3.8, 4) is 0 Å². The number of nitrogens with one attached hydrogen (secondary N) is 2. The molecule has 1 saturated heterocycles. The SMILES string of the molecule is c1coc(COCCCNC2CCCNC2)c1. The van der Waals surface area contributed by atoms with Crippen LogP contribution in [0.1, 0.15) is 25.0 Å². The normalized spacial score (nSPS) is 20.6. The van der Waals surface area contributed by atoms with Crippen molar-refractivity contribution in [1.82, 2.24) is 10.6 Å². The zero-order valence-electron chi connectivity index (χ0n) is 10.3. The summed E-state index contributed by atoms with van der Waals surface area (Å²) < 4.78 is 10.7. The molecule has 2 N–H and O–H groups in total. The standard InChI is InChI=1S/C13H22N2O2/c1-4-12(10-14-6-1)15-7-3-8-16-11-13-5-2-9-17-13/h2,5,9,12,14-15H,1,3-4,6-8,10-11H2. The highest BCUT2D eigenvalue weighted by Crippen LogP contribution is 2.03. The molecule has 0 aliphatic carbocycles. The van der Waals surface area contributed by atoms with Gasteiger partial charge in [0.2, 0.25) is 0 Å². The highest BCUT2D eigenvalue weighted by molar-refractivity contribution is 4.95. The van der Waals surface area contributed by atoms with Gasteiger partial charge in [0.05, 0.1) is 6.26 Å². The van der Waals surface area contributed by atoms with Crippen molar-refractivity contribution in [3.05, 3.63) is 24.2 Å². The Morgan fingerprint density at radius 2 is 2.53 bits per heavy atom. The maximum absolute atomic E-state index is 5.52. The molecule has 1 atom stereocenters. The smallest absolute Gasteiger partial charge is 0.129 e. The molecule has 1 aliphatic heterocycles. The van der Waals surface area contributed by atoms with Crippen LogP contribution in [0.25, 0.3) is 0 Å². The molecule has 4 heteroatoms. The molecule has 2 rings (SSSR count). The van der Waals surface area contributed by atoms with Crippen LogP contribution in [-0.2, 0) is 11.3 Å². The quantitative estimate of drug-likeness (QED) is 0.707. The van der Waals surface area contributed by atoms with Gasteiger partial charge in [-0.3, -0.25) is 0 Å². The van der Waals surface area contributed by atoms with Crippen LogP contribution in [0.3, 0.4) is 0 Å². The number of hydrogen-bond acceptors (Lipinski definition) is 4. The lowest BCUT2D eigenvalue weighted by Gasteiger charge is -2.23. The Hall–Kier alpha value is -0.840. The van der Waals surface area contributed by atoms with Crippen LogP contribution in [0.5, 0.6) is 0 Å². The number of rotatable bonds is 7. The van der Waals surface area contributed by atoms with E-state index in [1.807, 2.05) is 12.1 Å².